The predicted octanol–water partition coefficient (Wildman–Crippen LogP) is 3.94. The van der Waals surface area contributed by atoms with Crippen LogP contribution in [0.15, 0.2) is 0 Å². The van der Waals surface area contributed by atoms with E-state index in [9.17, 15) is 15.2 Å². The second-order valence-corrected chi connectivity index (χ2v) is 5.22. The van der Waals surface area contributed by atoms with Crippen molar-refractivity contribution >= 4 is 0 Å². The third kappa shape index (κ3) is 6.34. The Labute approximate surface area is 111 Å². The van der Waals surface area contributed by atoms with Gasteiger partial charge in [-0.2, -0.15) is 0 Å². The van der Waals surface area contributed by atoms with Gasteiger partial charge in [0.25, 0.3) is 0 Å². The summed E-state index contributed by atoms with van der Waals surface area (Å²) >= 11 is 0. The molecule has 1 unspecified atom stereocenters. The van der Waals surface area contributed by atoms with E-state index in [2.05, 4.69) is 6.92 Å². The fourth-order valence-corrected chi connectivity index (χ4v) is 2.23. The number of hydrogen-bond acceptors (Lipinski definition) is 3. The molecule has 0 saturated heterocycles. The summed E-state index contributed by atoms with van der Waals surface area (Å²) in [5.74, 6) is 0. The second-order valence-electron chi connectivity index (χ2n) is 5.22. The number of nitro groups is 1. The van der Waals surface area contributed by atoms with Crippen molar-refractivity contribution in [1.82, 2.24) is 0 Å². The molecule has 0 rings (SSSR count). The molecule has 0 aromatic rings. The molecule has 0 aromatic heterocycles. The van der Waals surface area contributed by atoms with Gasteiger partial charge < -0.3 is 5.11 Å². The molecule has 4 nitrogen and oxygen atoms in total. The molecule has 0 spiro atoms. The summed E-state index contributed by atoms with van der Waals surface area (Å²) in [6, 6.07) is 0. The Balaban J connectivity index is 3.65. The quantitative estimate of drug-likeness (QED) is 0.328. The summed E-state index contributed by atoms with van der Waals surface area (Å²) in [5.41, 5.74) is -1.10. The molecule has 0 aliphatic heterocycles. The molecular weight excluding hydrogens is 230 g/mol. The van der Waals surface area contributed by atoms with Gasteiger partial charge in [-0.1, -0.05) is 58.8 Å². The van der Waals surface area contributed by atoms with E-state index >= 15 is 0 Å². The van der Waals surface area contributed by atoms with Crippen LogP contribution in [0, 0.1) is 10.1 Å². The molecule has 0 fully saturated rings. The van der Waals surface area contributed by atoms with Crippen LogP contribution in [0.2, 0.25) is 0 Å². The maximum Gasteiger partial charge on any atom is 0.244 e. The summed E-state index contributed by atoms with van der Waals surface area (Å²) in [5, 5.41) is 20.2. The average Bonchev–Trinajstić information content (AvgIpc) is 2.37. The van der Waals surface area contributed by atoms with Crippen molar-refractivity contribution in [3.05, 3.63) is 10.1 Å². The molecule has 0 aliphatic carbocycles. The maximum atomic E-state index is 11.0. The number of hydrogen-bond donors (Lipinski definition) is 1. The van der Waals surface area contributed by atoms with Crippen molar-refractivity contribution in [3.8, 4) is 0 Å². The molecule has 108 valence electrons. The first-order chi connectivity index (χ1) is 8.63. The van der Waals surface area contributed by atoms with Gasteiger partial charge >= 0.3 is 0 Å². The number of aliphatic hydroxyl groups excluding tert-OH is 1. The Hall–Kier alpha value is -0.640. The summed E-state index contributed by atoms with van der Waals surface area (Å²) < 4.78 is 0. The molecule has 1 atom stereocenters. The molecule has 0 aliphatic rings. The van der Waals surface area contributed by atoms with Crippen LogP contribution in [0.5, 0.6) is 0 Å². The van der Waals surface area contributed by atoms with Gasteiger partial charge in [-0.3, -0.25) is 10.1 Å². The lowest BCUT2D eigenvalue weighted by molar-refractivity contribution is -0.575. The van der Waals surface area contributed by atoms with Gasteiger partial charge in [0.2, 0.25) is 5.54 Å². The maximum absolute atomic E-state index is 11.0. The Morgan fingerprint density at radius 1 is 1.00 bits per heavy atom. The van der Waals surface area contributed by atoms with Crippen LogP contribution in [-0.4, -0.2) is 22.2 Å². The van der Waals surface area contributed by atoms with Crippen molar-refractivity contribution < 1.29 is 10.0 Å². The average molecular weight is 259 g/mol. The van der Waals surface area contributed by atoms with E-state index in [0.717, 1.165) is 19.3 Å². The van der Waals surface area contributed by atoms with Gasteiger partial charge in [0.05, 0.1) is 0 Å². The highest BCUT2D eigenvalue weighted by molar-refractivity contribution is 4.76. The van der Waals surface area contributed by atoms with Crippen molar-refractivity contribution in [2.75, 3.05) is 6.61 Å². The highest BCUT2D eigenvalue weighted by atomic mass is 16.6. The van der Waals surface area contributed by atoms with Crippen molar-refractivity contribution in [2.45, 2.75) is 83.6 Å². The number of nitrogens with zero attached hydrogens (tertiary/aromatic N) is 1. The molecule has 0 amide bonds. The van der Waals surface area contributed by atoms with Crippen LogP contribution in [0.3, 0.4) is 0 Å². The Bertz CT molecular complexity index is 215. The van der Waals surface area contributed by atoms with Crippen LogP contribution in [-0.2, 0) is 0 Å². The van der Waals surface area contributed by atoms with Gasteiger partial charge in [-0.25, -0.2) is 0 Å². The largest absolute Gasteiger partial charge is 0.389 e. The van der Waals surface area contributed by atoms with E-state index in [1.54, 1.807) is 6.92 Å². The van der Waals surface area contributed by atoms with Crippen LogP contribution in [0.1, 0.15) is 78.1 Å². The van der Waals surface area contributed by atoms with E-state index in [-0.39, 0.29) is 11.5 Å². The van der Waals surface area contributed by atoms with Gasteiger partial charge in [0.15, 0.2) is 0 Å². The van der Waals surface area contributed by atoms with Crippen LogP contribution in [0.25, 0.3) is 0 Å². The number of unbranched alkanes of at least 4 members (excludes halogenated alkanes) is 7. The minimum absolute atomic E-state index is 0.297. The summed E-state index contributed by atoms with van der Waals surface area (Å²) in [4.78, 5) is 10.7. The van der Waals surface area contributed by atoms with Gasteiger partial charge in [-0.05, 0) is 6.42 Å². The van der Waals surface area contributed by atoms with E-state index in [1.165, 1.54) is 32.1 Å². The highest BCUT2D eigenvalue weighted by Crippen LogP contribution is 2.23. The number of aliphatic hydroxyl groups is 1. The summed E-state index contributed by atoms with van der Waals surface area (Å²) in [6.45, 7) is 3.65. The fourth-order valence-electron chi connectivity index (χ4n) is 2.23. The molecule has 0 radical (unpaired) electrons. The molecule has 18 heavy (non-hydrogen) atoms. The summed E-state index contributed by atoms with van der Waals surface area (Å²) in [7, 11) is 0. The molecule has 0 bridgehead atoms. The van der Waals surface area contributed by atoms with Crippen LogP contribution >= 0.6 is 0 Å². The lowest BCUT2D eigenvalue weighted by atomic mass is 9.90. The monoisotopic (exact) mass is 259 g/mol. The first-order valence-electron chi connectivity index (χ1n) is 7.38. The molecular formula is C14H29NO3. The normalized spacial score (nSPS) is 14.4. The molecule has 4 heteroatoms. The summed E-state index contributed by atoms with van der Waals surface area (Å²) in [6.07, 6.45) is 10.4. The lowest BCUT2D eigenvalue weighted by Gasteiger charge is -2.21. The standard InChI is InChI=1S/C14H29NO3/c1-3-5-6-7-8-9-10-11-12-14(4-2,13-16)15(17)18/h16H,3-13H2,1-2H3. The third-order valence-corrected chi connectivity index (χ3v) is 3.84. The molecule has 0 heterocycles. The van der Waals surface area contributed by atoms with E-state index < -0.39 is 5.54 Å². The minimum atomic E-state index is -1.10. The minimum Gasteiger partial charge on any atom is -0.389 e. The zero-order valence-electron chi connectivity index (χ0n) is 12.0. The lowest BCUT2D eigenvalue weighted by Crippen LogP contribution is -2.41. The molecule has 0 saturated carbocycles. The first kappa shape index (κ1) is 17.4. The van der Waals surface area contributed by atoms with E-state index in [0.29, 0.717) is 12.8 Å². The zero-order valence-corrected chi connectivity index (χ0v) is 12.0. The Kier molecular flexibility index (Phi) is 9.93. The van der Waals surface area contributed by atoms with Crippen LogP contribution < -0.4 is 0 Å². The van der Waals surface area contributed by atoms with Crippen molar-refractivity contribution in [3.63, 3.8) is 0 Å². The first-order valence-corrected chi connectivity index (χ1v) is 7.38. The Morgan fingerprint density at radius 3 is 1.89 bits per heavy atom. The zero-order chi connectivity index (χ0) is 13.9. The second kappa shape index (κ2) is 10.3. The topological polar surface area (TPSA) is 63.4 Å². The SMILES string of the molecule is CCCCCCCCCCC(CC)(CO)[N+](=O)[O-]. The van der Waals surface area contributed by atoms with E-state index in [4.69, 9.17) is 0 Å². The fraction of sp³-hybridized carbons (Fsp3) is 1.00. The van der Waals surface area contributed by atoms with Gasteiger partial charge in [0, 0.05) is 17.8 Å². The predicted molar refractivity (Wildman–Crippen MR) is 74.3 cm³/mol. The van der Waals surface area contributed by atoms with Crippen LogP contribution in [0.4, 0.5) is 0 Å². The van der Waals surface area contributed by atoms with Gasteiger partial charge in [-0.15, -0.1) is 0 Å². The van der Waals surface area contributed by atoms with E-state index in [1.807, 2.05) is 0 Å². The third-order valence-electron chi connectivity index (χ3n) is 3.84. The number of rotatable bonds is 12. The van der Waals surface area contributed by atoms with Crippen molar-refractivity contribution in [2.24, 2.45) is 0 Å². The molecule has 0 aromatic carbocycles. The smallest absolute Gasteiger partial charge is 0.244 e. The molecule has 1 N–H and O–H groups in total. The highest BCUT2D eigenvalue weighted by Gasteiger charge is 2.39. The Morgan fingerprint density at radius 2 is 1.50 bits per heavy atom. The van der Waals surface area contributed by atoms with Gasteiger partial charge in [0.1, 0.15) is 6.61 Å². The van der Waals surface area contributed by atoms with Crippen molar-refractivity contribution in [1.29, 1.82) is 0 Å².